The van der Waals surface area contributed by atoms with Gasteiger partial charge in [0, 0.05) is 21.7 Å². The average Bonchev–Trinajstić information content (AvgIpc) is 2.87. The molecular formula is C24H16O2P2S6. The van der Waals surface area contributed by atoms with Crippen molar-refractivity contribution in [2.75, 3.05) is 0 Å². The predicted octanol–water partition coefficient (Wildman–Crippen LogP) is 9.05. The van der Waals surface area contributed by atoms with Gasteiger partial charge in [-0.05, 0) is 99.5 Å². The zero-order valence-corrected chi connectivity index (χ0v) is 24.1. The molecule has 0 aromatic heterocycles. The van der Waals surface area contributed by atoms with Gasteiger partial charge in [-0.25, -0.2) is 0 Å². The molecule has 0 radical (unpaired) electrons. The third-order valence-electron chi connectivity index (χ3n) is 5.47. The van der Waals surface area contributed by atoms with E-state index in [2.05, 4.69) is 48.5 Å². The molecule has 2 aliphatic rings. The van der Waals surface area contributed by atoms with Gasteiger partial charge in [0.1, 0.15) is 11.5 Å². The second-order valence-electron chi connectivity index (χ2n) is 7.49. The summed E-state index contributed by atoms with van der Waals surface area (Å²) in [5, 5.41) is 2.23. The lowest BCUT2D eigenvalue weighted by atomic mass is 10.0. The first-order valence-corrected chi connectivity index (χ1v) is 21.7. The van der Waals surface area contributed by atoms with Gasteiger partial charge in [-0.2, -0.15) is 0 Å². The number of hydrogen-bond donors (Lipinski definition) is 0. The Hall–Kier alpha value is -0.820. The van der Waals surface area contributed by atoms with Crippen molar-refractivity contribution in [3.05, 3.63) is 97.1 Å². The van der Waals surface area contributed by atoms with Gasteiger partial charge in [-0.3, -0.25) is 0 Å². The van der Waals surface area contributed by atoms with Crippen LogP contribution in [0.25, 0.3) is 22.3 Å². The summed E-state index contributed by atoms with van der Waals surface area (Å²) in [6.07, 6.45) is 0. The SMILES string of the molecule is S=P1(SSSSP2(=S)Oc3ccccc3-c3ccccc32)Oc2ccccc2-c2ccccc21. The van der Waals surface area contributed by atoms with Crippen LogP contribution < -0.4 is 19.7 Å². The normalized spacial score (nSPS) is 21.8. The molecule has 4 aromatic carbocycles. The topological polar surface area (TPSA) is 18.5 Å². The van der Waals surface area contributed by atoms with Crippen LogP contribution in [0.3, 0.4) is 0 Å². The monoisotopic (exact) mass is 590 g/mol. The van der Waals surface area contributed by atoms with E-state index in [0.717, 1.165) is 33.2 Å². The number of benzene rings is 4. The number of fused-ring (bicyclic) bond motifs is 6. The summed E-state index contributed by atoms with van der Waals surface area (Å²) in [7, 11) is 6.56. The van der Waals surface area contributed by atoms with Crippen LogP contribution in [0, 0.1) is 0 Å². The van der Waals surface area contributed by atoms with E-state index in [0.29, 0.717) is 0 Å². The van der Waals surface area contributed by atoms with Crippen molar-refractivity contribution in [2.24, 2.45) is 0 Å². The zero-order chi connectivity index (χ0) is 23.2. The molecule has 0 amide bonds. The summed E-state index contributed by atoms with van der Waals surface area (Å²) >= 11 is 12.3. The Morgan fingerprint density at radius 3 is 1.26 bits per heavy atom. The van der Waals surface area contributed by atoms with E-state index in [4.69, 9.17) is 32.7 Å². The number of para-hydroxylation sites is 2. The van der Waals surface area contributed by atoms with Gasteiger partial charge >= 0.3 is 0 Å². The molecule has 0 fully saturated rings. The molecule has 2 heterocycles. The van der Waals surface area contributed by atoms with Crippen LogP contribution >= 0.6 is 51.4 Å². The maximum atomic E-state index is 6.46. The van der Waals surface area contributed by atoms with Gasteiger partial charge in [0.25, 0.3) is 0 Å². The lowest BCUT2D eigenvalue weighted by molar-refractivity contribution is 0.632. The molecule has 6 rings (SSSR count). The molecular weight excluding hydrogens is 575 g/mol. The summed E-state index contributed by atoms with van der Waals surface area (Å²) in [6.45, 7) is 0. The quantitative estimate of drug-likeness (QED) is 0.129. The largest absolute Gasteiger partial charge is 0.452 e. The maximum Gasteiger partial charge on any atom is 0.208 e. The van der Waals surface area contributed by atoms with Crippen molar-refractivity contribution in [3.63, 3.8) is 0 Å². The molecule has 2 unspecified atom stereocenters. The lowest BCUT2D eigenvalue weighted by Crippen LogP contribution is -2.15. The van der Waals surface area contributed by atoms with E-state index in [1.807, 2.05) is 48.5 Å². The first-order valence-electron chi connectivity index (χ1n) is 10.3. The molecule has 2 aliphatic heterocycles. The molecule has 0 saturated heterocycles. The summed E-state index contributed by atoms with van der Waals surface area (Å²) in [5.74, 6) is 1.73. The Balaban J connectivity index is 1.22. The fourth-order valence-electron chi connectivity index (χ4n) is 3.99. The third kappa shape index (κ3) is 4.21. The van der Waals surface area contributed by atoms with Crippen molar-refractivity contribution in [1.29, 1.82) is 0 Å². The van der Waals surface area contributed by atoms with Crippen LogP contribution in [0.15, 0.2) is 97.1 Å². The standard InChI is InChI=1S/C24H16O2P2S6/c29-27(23-15-7-3-11-19(23)17-9-1-5-13-21(17)25-27)31-33-34-32-28(30)24-16-8-4-12-20(24)18-10-2-6-14-22(18)26-28/h1-16H. The van der Waals surface area contributed by atoms with Crippen molar-refractivity contribution >= 4 is 85.6 Å². The Bertz CT molecular complexity index is 1400. The van der Waals surface area contributed by atoms with E-state index in [1.165, 1.54) is 11.1 Å². The fourth-order valence-corrected chi connectivity index (χ4v) is 28.7. The van der Waals surface area contributed by atoms with Crippen LogP contribution in [0.1, 0.15) is 0 Å². The van der Waals surface area contributed by atoms with Gasteiger partial charge in [0.05, 0.1) is 0 Å². The van der Waals surface area contributed by atoms with Crippen molar-refractivity contribution < 1.29 is 9.05 Å². The minimum atomic E-state index is -2.33. The van der Waals surface area contributed by atoms with E-state index in [-0.39, 0.29) is 0 Å². The second-order valence-corrected chi connectivity index (χ2v) is 25.8. The maximum absolute atomic E-state index is 6.46. The Morgan fingerprint density at radius 2 is 0.824 bits per heavy atom. The summed E-state index contributed by atoms with van der Waals surface area (Å²) in [4.78, 5) is 0. The predicted molar refractivity (Wildman–Crippen MR) is 163 cm³/mol. The van der Waals surface area contributed by atoms with Crippen molar-refractivity contribution in [1.82, 2.24) is 0 Å². The van der Waals surface area contributed by atoms with Crippen LogP contribution in [0.5, 0.6) is 11.5 Å². The van der Waals surface area contributed by atoms with E-state index in [9.17, 15) is 0 Å². The molecule has 0 aliphatic carbocycles. The highest BCUT2D eigenvalue weighted by molar-refractivity contribution is 9.39. The van der Waals surface area contributed by atoms with Gasteiger partial charge in [-0.1, -0.05) is 72.8 Å². The van der Waals surface area contributed by atoms with E-state index in [1.54, 1.807) is 40.5 Å². The summed E-state index contributed by atoms with van der Waals surface area (Å²) in [5.41, 5.74) is -0.107. The van der Waals surface area contributed by atoms with Crippen LogP contribution in [-0.2, 0) is 23.6 Å². The molecule has 0 saturated carbocycles. The Morgan fingerprint density at radius 1 is 0.471 bits per heavy atom. The summed E-state index contributed by atoms with van der Waals surface area (Å²) in [6, 6.07) is 33.0. The first-order chi connectivity index (χ1) is 16.6. The molecule has 170 valence electrons. The fraction of sp³-hybridized carbons (Fsp3) is 0. The molecule has 0 spiro atoms. The number of rotatable bonds is 5. The summed E-state index contributed by atoms with van der Waals surface area (Å²) < 4.78 is 12.9. The molecule has 0 N–H and O–H groups in total. The molecule has 0 bridgehead atoms. The van der Waals surface area contributed by atoms with Crippen molar-refractivity contribution in [2.45, 2.75) is 0 Å². The second kappa shape index (κ2) is 9.57. The molecule has 4 aromatic rings. The zero-order valence-electron chi connectivity index (χ0n) is 17.4. The minimum absolute atomic E-state index is 0.865. The number of hydrogen-bond acceptors (Lipinski definition) is 8. The average molecular weight is 591 g/mol. The van der Waals surface area contributed by atoms with Crippen LogP contribution in [-0.4, -0.2) is 0 Å². The molecule has 2 nitrogen and oxygen atoms in total. The molecule has 10 heteroatoms. The van der Waals surface area contributed by atoms with Gasteiger partial charge < -0.3 is 9.05 Å². The van der Waals surface area contributed by atoms with E-state index < -0.39 is 10.9 Å². The van der Waals surface area contributed by atoms with Crippen molar-refractivity contribution in [3.8, 4) is 33.8 Å². The third-order valence-corrected chi connectivity index (χ3v) is 27.0. The van der Waals surface area contributed by atoms with Gasteiger partial charge in [0.15, 0.2) is 0 Å². The van der Waals surface area contributed by atoms with Gasteiger partial charge in [0.2, 0.25) is 10.9 Å². The molecule has 34 heavy (non-hydrogen) atoms. The Labute approximate surface area is 223 Å². The lowest BCUT2D eigenvalue weighted by Gasteiger charge is -2.31. The highest BCUT2D eigenvalue weighted by Gasteiger charge is 2.35. The minimum Gasteiger partial charge on any atom is -0.452 e. The van der Waals surface area contributed by atoms with E-state index >= 15 is 0 Å². The van der Waals surface area contributed by atoms with Crippen LogP contribution in [0.2, 0.25) is 0 Å². The smallest absolute Gasteiger partial charge is 0.208 e. The highest BCUT2D eigenvalue weighted by atomic mass is 33.8. The highest BCUT2D eigenvalue weighted by Crippen LogP contribution is 2.75. The van der Waals surface area contributed by atoms with Crippen LogP contribution in [0.4, 0.5) is 0 Å². The first kappa shape index (κ1) is 23.6. The Kier molecular flexibility index (Phi) is 6.63. The molecule has 2 atom stereocenters. The van der Waals surface area contributed by atoms with Gasteiger partial charge in [-0.15, -0.1) is 0 Å².